The van der Waals surface area contributed by atoms with Gasteiger partial charge in [0.1, 0.15) is 28.4 Å². The highest BCUT2D eigenvalue weighted by molar-refractivity contribution is 6.06. The molecule has 0 atom stereocenters. The van der Waals surface area contributed by atoms with E-state index in [1.165, 1.54) is 12.1 Å². The molecule has 0 radical (unpaired) electrons. The average molecular weight is 368 g/mol. The Labute approximate surface area is 156 Å². The van der Waals surface area contributed by atoms with Crippen LogP contribution in [0.1, 0.15) is 50.7 Å². The first-order valence-electron chi connectivity index (χ1n) is 8.81. The van der Waals surface area contributed by atoms with E-state index < -0.39 is 17.2 Å². The molecule has 0 spiro atoms. The van der Waals surface area contributed by atoms with Gasteiger partial charge in [0.2, 0.25) is 0 Å². The van der Waals surface area contributed by atoms with Crippen molar-refractivity contribution in [3.63, 3.8) is 0 Å². The van der Waals surface area contributed by atoms with Crippen molar-refractivity contribution in [1.82, 2.24) is 9.55 Å². The molecule has 0 amide bonds. The quantitative estimate of drug-likeness (QED) is 0.582. The second-order valence-corrected chi connectivity index (χ2v) is 8.16. The Balaban J connectivity index is 2.10. The summed E-state index contributed by atoms with van der Waals surface area (Å²) in [6.07, 6.45) is 1.65. The molecule has 4 rings (SSSR count). The fraction of sp³-hybridized carbons (Fsp3) is 0.333. The van der Waals surface area contributed by atoms with Gasteiger partial charge in [0.15, 0.2) is 0 Å². The highest BCUT2D eigenvalue weighted by Gasteiger charge is 2.41. The van der Waals surface area contributed by atoms with E-state index in [9.17, 15) is 9.18 Å². The summed E-state index contributed by atoms with van der Waals surface area (Å²) >= 11 is 0. The zero-order valence-corrected chi connectivity index (χ0v) is 16.0. The number of halogens is 1. The van der Waals surface area contributed by atoms with E-state index in [0.29, 0.717) is 33.7 Å². The highest BCUT2D eigenvalue weighted by Crippen LogP contribution is 2.45. The zero-order chi connectivity index (χ0) is 19.6. The minimum atomic E-state index is -0.836. The number of esters is 1. The van der Waals surface area contributed by atoms with Crippen molar-refractivity contribution in [2.24, 2.45) is 0 Å². The van der Waals surface area contributed by atoms with Crippen molar-refractivity contribution in [1.29, 1.82) is 0 Å². The van der Waals surface area contributed by atoms with E-state index in [2.05, 4.69) is 4.98 Å². The average Bonchev–Trinajstić information content (AvgIpc) is 2.91. The maximum absolute atomic E-state index is 14.0. The molecule has 1 aliphatic heterocycles. The molecular formula is C21H21FN2O3. The van der Waals surface area contributed by atoms with Gasteiger partial charge in [-0.25, -0.2) is 14.2 Å². The van der Waals surface area contributed by atoms with Crippen molar-refractivity contribution in [2.75, 3.05) is 0 Å². The van der Waals surface area contributed by atoms with Crippen molar-refractivity contribution in [3.8, 4) is 11.4 Å². The number of nitrogens with zero attached hydrogens (tertiary/aromatic N) is 2. The van der Waals surface area contributed by atoms with Crippen LogP contribution in [0.3, 0.4) is 0 Å². The van der Waals surface area contributed by atoms with E-state index in [1.807, 2.05) is 40.7 Å². The van der Waals surface area contributed by atoms with Gasteiger partial charge in [-0.1, -0.05) is 0 Å². The molecule has 0 unspecified atom stereocenters. The van der Waals surface area contributed by atoms with Gasteiger partial charge in [0, 0.05) is 17.6 Å². The molecule has 0 fully saturated rings. The predicted molar refractivity (Wildman–Crippen MR) is 99.9 cm³/mol. The number of fused-ring (bicyclic) bond motifs is 5. The summed E-state index contributed by atoms with van der Waals surface area (Å²) in [5.41, 5.74) is 0.595. The largest absolute Gasteiger partial charge is 0.479 e. The van der Waals surface area contributed by atoms with Crippen molar-refractivity contribution < 1.29 is 18.7 Å². The van der Waals surface area contributed by atoms with Crippen molar-refractivity contribution in [2.45, 2.75) is 45.8 Å². The van der Waals surface area contributed by atoms with Crippen LogP contribution in [0.4, 0.5) is 4.39 Å². The molecule has 0 saturated heterocycles. The monoisotopic (exact) mass is 368 g/mol. The van der Waals surface area contributed by atoms with Gasteiger partial charge < -0.3 is 9.47 Å². The number of carbonyl (C=O) groups is 1. The molecule has 1 aromatic carbocycles. The first-order valence-corrected chi connectivity index (χ1v) is 8.81. The normalized spacial score (nSPS) is 15.0. The van der Waals surface area contributed by atoms with Crippen LogP contribution in [0.25, 0.3) is 16.7 Å². The lowest BCUT2D eigenvalue weighted by molar-refractivity contribution is 0.00587. The summed E-state index contributed by atoms with van der Waals surface area (Å²) in [6, 6.07) is 7.93. The van der Waals surface area contributed by atoms with Crippen LogP contribution in [-0.4, -0.2) is 21.1 Å². The topological polar surface area (TPSA) is 53.4 Å². The number of aromatic nitrogens is 2. The van der Waals surface area contributed by atoms with Crippen LogP contribution in [0.2, 0.25) is 0 Å². The van der Waals surface area contributed by atoms with Crippen molar-refractivity contribution in [3.05, 3.63) is 53.6 Å². The summed E-state index contributed by atoms with van der Waals surface area (Å²) < 4.78 is 27.6. The summed E-state index contributed by atoms with van der Waals surface area (Å²) in [6.45, 7) is 9.20. The molecule has 2 aromatic heterocycles. The number of hydrogen-bond donors (Lipinski definition) is 0. The molecule has 0 N–H and O–H groups in total. The summed E-state index contributed by atoms with van der Waals surface area (Å²) in [4.78, 5) is 17.5. The van der Waals surface area contributed by atoms with Crippen molar-refractivity contribution >= 4 is 17.0 Å². The molecule has 1 aliphatic rings. The van der Waals surface area contributed by atoms with Crippen LogP contribution in [-0.2, 0) is 10.3 Å². The molecule has 0 aliphatic carbocycles. The maximum Gasteiger partial charge on any atom is 0.341 e. The third kappa shape index (κ3) is 2.76. The van der Waals surface area contributed by atoms with Crippen LogP contribution in [0, 0.1) is 5.82 Å². The van der Waals surface area contributed by atoms with E-state index in [0.717, 1.165) is 0 Å². The lowest BCUT2D eigenvalue weighted by Gasteiger charge is -2.35. The van der Waals surface area contributed by atoms with Crippen LogP contribution in [0.5, 0.6) is 5.75 Å². The Bertz CT molecular complexity index is 1080. The van der Waals surface area contributed by atoms with Crippen LogP contribution in [0.15, 0.2) is 36.5 Å². The number of ether oxygens (including phenoxy) is 2. The third-order valence-electron chi connectivity index (χ3n) is 4.43. The molecule has 5 nitrogen and oxygen atoms in total. The van der Waals surface area contributed by atoms with Crippen LogP contribution >= 0.6 is 0 Å². The predicted octanol–water partition coefficient (Wildman–Crippen LogP) is 4.75. The standard InChI is InChI=1S/C21H21FN2O3/c1-20(2,3)27-19(25)16-13-7-6-10-23-18(13)24-14-11-12(22)8-9-15(14)26-21(4,5)17(16)24/h6-11H,1-5H3. The van der Waals surface area contributed by atoms with Gasteiger partial charge in [-0.3, -0.25) is 4.57 Å². The van der Waals surface area contributed by atoms with Gasteiger partial charge in [-0.15, -0.1) is 0 Å². The summed E-state index contributed by atoms with van der Waals surface area (Å²) in [5.74, 6) is -0.308. The van der Waals surface area contributed by atoms with E-state index in [-0.39, 0.29) is 5.82 Å². The fourth-order valence-corrected chi connectivity index (χ4v) is 3.53. The molecule has 0 saturated carbocycles. The SMILES string of the molecule is CC(C)(C)OC(=O)c1c2n(c3ncccc13)-c1cc(F)ccc1OC2(C)C. The zero-order valence-electron chi connectivity index (χ0n) is 16.0. The Kier molecular flexibility index (Phi) is 3.60. The van der Waals surface area contributed by atoms with E-state index in [1.54, 1.807) is 22.9 Å². The molecule has 0 bridgehead atoms. The number of pyridine rings is 1. The number of carbonyl (C=O) groups excluding carboxylic acids is 1. The number of rotatable bonds is 1. The maximum atomic E-state index is 14.0. The Morgan fingerprint density at radius 2 is 2.00 bits per heavy atom. The third-order valence-corrected chi connectivity index (χ3v) is 4.43. The Hall–Kier alpha value is -2.89. The van der Waals surface area contributed by atoms with Gasteiger partial charge in [0.25, 0.3) is 0 Å². The van der Waals surface area contributed by atoms with Gasteiger partial charge in [-0.05, 0) is 58.9 Å². The Morgan fingerprint density at radius 3 is 2.70 bits per heavy atom. The van der Waals surface area contributed by atoms with Gasteiger partial charge in [0.05, 0.1) is 16.9 Å². The lowest BCUT2D eigenvalue weighted by Crippen LogP contribution is -2.35. The molecular weight excluding hydrogens is 347 g/mol. The van der Waals surface area contributed by atoms with E-state index >= 15 is 0 Å². The second kappa shape index (κ2) is 5.55. The molecule has 27 heavy (non-hydrogen) atoms. The summed E-state index contributed by atoms with van der Waals surface area (Å²) in [5, 5.41) is 0.649. The molecule has 3 aromatic rings. The first-order chi connectivity index (χ1) is 12.6. The van der Waals surface area contributed by atoms with Gasteiger partial charge in [-0.2, -0.15) is 0 Å². The minimum absolute atomic E-state index is 0.389. The van der Waals surface area contributed by atoms with E-state index in [4.69, 9.17) is 9.47 Å². The van der Waals surface area contributed by atoms with Crippen LogP contribution < -0.4 is 4.74 Å². The lowest BCUT2D eigenvalue weighted by atomic mass is 9.97. The molecule has 140 valence electrons. The van der Waals surface area contributed by atoms with Gasteiger partial charge >= 0.3 is 5.97 Å². The number of benzene rings is 1. The molecule has 6 heteroatoms. The minimum Gasteiger partial charge on any atom is -0.479 e. The first kappa shape index (κ1) is 17.5. The Morgan fingerprint density at radius 1 is 1.26 bits per heavy atom. The highest BCUT2D eigenvalue weighted by atomic mass is 19.1. The number of hydrogen-bond acceptors (Lipinski definition) is 4. The smallest absolute Gasteiger partial charge is 0.341 e. The summed E-state index contributed by atoms with van der Waals surface area (Å²) in [7, 11) is 0. The fourth-order valence-electron chi connectivity index (χ4n) is 3.53. The second-order valence-electron chi connectivity index (χ2n) is 8.16. The molecule has 3 heterocycles.